The molecule has 0 aliphatic rings. The van der Waals surface area contributed by atoms with Crippen LogP contribution in [0.3, 0.4) is 0 Å². The minimum atomic E-state index is -0.104. The van der Waals surface area contributed by atoms with Crippen LogP contribution in [0.2, 0.25) is 10.0 Å². The number of benzene rings is 2. The Hall–Kier alpha value is -1.91. The molecule has 0 atom stereocenters. The summed E-state index contributed by atoms with van der Waals surface area (Å²) >= 11 is 11.9. The van der Waals surface area contributed by atoms with Crippen molar-refractivity contribution in [2.24, 2.45) is 0 Å². The molecule has 2 N–H and O–H groups in total. The third-order valence-corrected chi connectivity index (χ3v) is 3.67. The van der Waals surface area contributed by atoms with Gasteiger partial charge in [-0.25, -0.2) is 0 Å². The van der Waals surface area contributed by atoms with Crippen LogP contribution >= 0.6 is 23.2 Å². The summed E-state index contributed by atoms with van der Waals surface area (Å²) in [7, 11) is 0. The maximum Gasteiger partial charge on any atom is 0.226 e. The highest BCUT2D eigenvalue weighted by molar-refractivity contribution is 6.36. The van der Waals surface area contributed by atoms with E-state index >= 15 is 0 Å². The summed E-state index contributed by atoms with van der Waals surface area (Å²) in [6, 6.07) is 12.6. The summed E-state index contributed by atoms with van der Waals surface area (Å²) in [4.78, 5) is 12.1. The van der Waals surface area contributed by atoms with Crippen molar-refractivity contribution in [3.05, 3.63) is 52.5 Å². The Bertz CT molecular complexity index is 705. The van der Waals surface area contributed by atoms with Gasteiger partial charge in [0.15, 0.2) is 0 Å². The maximum atomic E-state index is 12.1. The lowest BCUT2D eigenvalue weighted by atomic mass is 10.2. The molecule has 2 aromatic rings. The second kappa shape index (κ2) is 8.81. The lowest BCUT2D eigenvalue weighted by Crippen LogP contribution is -2.17. The highest BCUT2D eigenvalue weighted by Gasteiger charge is 2.09. The molecule has 2 rings (SSSR count). The SMILES string of the molecule is CC(C)Oc1ccccc1NC(=O)CCNc1ccc(Cl)cc1Cl. The Kier molecular flexibility index (Phi) is 6.76. The molecular formula is C18H20Cl2N2O2. The van der Waals surface area contributed by atoms with Gasteiger partial charge in [-0.05, 0) is 44.2 Å². The Balaban J connectivity index is 1.87. The summed E-state index contributed by atoms with van der Waals surface area (Å²) < 4.78 is 5.69. The minimum Gasteiger partial charge on any atom is -0.489 e. The van der Waals surface area contributed by atoms with Gasteiger partial charge < -0.3 is 15.4 Å². The van der Waals surface area contributed by atoms with Crippen LogP contribution in [0.15, 0.2) is 42.5 Å². The maximum absolute atomic E-state index is 12.1. The monoisotopic (exact) mass is 366 g/mol. The van der Waals surface area contributed by atoms with Crippen LogP contribution in [-0.2, 0) is 4.79 Å². The fourth-order valence-corrected chi connectivity index (χ4v) is 2.56. The number of carbonyl (C=O) groups is 1. The van der Waals surface area contributed by atoms with E-state index in [2.05, 4.69) is 10.6 Å². The van der Waals surface area contributed by atoms with Crippen molar-refractivity contribution in [1.82, 2.24) is 0 Å². The van der Waals surface area contributed by atoms with Crippen molar-refractivity contribution >= 4 is 40.5 Å². The third kappa shape index (κ3) is 5.62. The molecule has 128 valence electrons. The van der Waals surface area contributed by atoms with E-state index in [0.29, 0.717) is 34.4 Å². The lowest BCUT2D eigenvalue weighted by Gasteiger charge is -2.15. The van der Waals surface area contributed by atoms with Gasteiger partial charge in [0.1, 0.15) is 5.75 Å². The minimum absolute atomic E-state index is 0.0387. The van der Waals surface area contributed by atoms with Gasteiger partial charge in [0.2, 0.25) is 5.91 Å². The van der Waals surface area contributed by atoms with Crippen LogP contribution in [0.5, 0.6) is 5.75 Å². The number of carbonyl (C=O) groups excluding carboxylic acids is 1. The number of anilines is 2. The van der Waals surface area contributed by atoms with E-state index in [-0.39, 0.29) is 12.0 Å². The number of para-hydroxylation sites is 2. The van der Waals surface area contributed by atoms with Gasteiger partial charge >= 0.3 is 0 Å². The van der Waals surface area contributed by atoms with Crippen LogP contribution in [0, 0.1) is 0 Å². The Labute approximate surface area is 152 Å². The van der Waals surface area contributed by atoms with Crippen LogP contribution in [0.4, 0.5) is 11.4 Å². The Morgan fingerprint density at radius 2 is 1.88 bits per heavy atom. The summed E-state index contributed by atoms with van der Waals surface area (Å²) in [6.45, 7) is 4.34. The predicted octanol–water partition coefficient (Wildman–Crippen LogP) is 5.22. The van der Waals surface area contributed by atoms with Gasteiger partial charge in [0.05, 0.1) is 22.5 Å². The number of nitrogens with one attached hydrogen (secondary N) is 2. The van der Waals surface area contributed by atoms with E-state index in [0.717, 1.165) is 5.69 Å². The van der Waals surface area contributed by atoms with Gasteiger partial charge in [0, 0.05) is 18.0 Å². The number of ether oxygens (including phenoxy) is 1. The zero-order valence-electron chi connectivity index (χ0n) is 13.6. The standard InChI is InChI=1S/C18H20Cl2N2O2/c1-12(2)24-17-6-4-3-5-16(17)22-18(23)9-10-21-15-8-7-13(19)11-14(15)20/h3-8,11-12,21H,9-10H2,1-2H3,(H,22,23). The van der Waals surface area contributed by atoms with Gasteiger partial charge in [-0.3, -0.25) is 4.79 Å². The third-order valence-electron chi connectivity index (χ3n) is 3.12. The molecule has 0 spiro atoms. The van der Waals surface area contributed by atoms with Crippen LogP contribution in [0.1, 0.15) is 20.3 Å². The van der Waals surface area contributed by atoms with E-state index in [1.807, 2.05) is 38.1 Å². The van der Waals surface area contributed by atoms with Crippen molar-refractivity contribution in [1.29, 1.82) is 0 Å². The second-order valence-corrected chi connectivity index (χ2v) is 6.36. The molecule has 6 heteroatoms. The first-order valence-corrected chi connectivity index (χ1v) is 8.46. The highest BCUT2D eigenvalue weighted by atomic mass is 35.5. The summed E-state index contributed by atoms with van der Waals surface area (Å²) in [5.74, 6) is 0.557. The van der Waals surface area contributed by atoms with Crippen LogP contribution in [0.25, 0.3) is 0 Å². The van der Waals surface area contributed by atoms with Gasteiger partial charge in [0.25, 0.3) is 0 Å². The molecule has 0 aliphatic heterocycles. The van der Waals surface area contributed by atoms with Crippen LogP contribution < -0.4 is 15.4 Å². The van der Waals surface area contributed by atoms with Gasteiger partial charge in [-0.2, -0.15) is 0 Å². The van der Waals surface area contributed by atoms with E-state index in [9.17, 15) is 4.79 Å². The van der Waals surface area contributed by atoms with Gasteiger partial charge in [-0.1, -0.05) is 35.3 Å². The molecule has 0 radical (unpaired) electrons. The summed E-state index contributed by atoms with van der Waals surface area (Å²) in [5.41, 5.74) is 1.41. The van der Waals surface area contributed by atoms with Crippen molar-refractivity contribution in [2.75, 3.05) is 17.2 Å². The molecule has 0 saturated heterocycles. The molecule has 4 nitrogen and oxygen atoms in total. The molecule has 0 saturated carbocycles. The topological polar surface area (TPSA) is 50.4 Å². The van der Waals surface area contributed by atoms with Crippen molar-refractivity contribution < 1.29 is 9.53 Å². The normalized spacial score (nSPS) is 10.5. The fourth-order valence-electron chi connectivity index (χ4n) is 2.08. The number of amides is 1. The van der Waals surface area contributed by atoms with E-state index in [1.165, 1.54) is 0 Å². The average Bonchev–Trinajstić information content (AvgIpc) is 2.51. The molecule has 0 bridgehead atoms. The molecule has 0 unspecified atom stereocenters. The Morgan fingerprint density at radius 1 is 1.12 bits per heavy atom. The molecular weight excluding hydrogens is 347 g/mol. The summed E-state index contributed by atoms with van der Waals surface area (Å²) in [5, 5.41) is 7.09. The zero-order chi connectivity index (χ0) is 17.5. The molecule has 0 heterocycles. The van der Waals surface area contributed by atoms with E-state index < -0.39 is 0 Å². The zero-order valence-corrected chi connectivity index (χ0v) is 15.1. The lowest BCUT2D eigenvalue weighted by molar-refractivity contribution is -0.116. The fraction of sp³-hybridized carbons (Fsp3) is 0.278. The largest absolute Gasteiger partial charge is 0.489 e. The predicted molar refractivity (Wildman–Crippen MR) is 100 cm³/mol. The molecule has 0 aliphatic carbocycles. The molecule has 0 aromatic heterocycles. The molecule has 1 amide bonds. The quantitative estimate of drug-likeness (QED) is 0.705. The average molecular weight is 367 g/mol. The first kappa shape index (κ1) is 18.4. The number of hydrogen-bond donors (Lipinski definition) is 2. The van der Waals surface area contributed by atoms with E-state index in [1.54, 1.807) is 18.2 Å². The number of rotatable bonds is 7. The first-order chi connectivity index (χ1) is 11.5. The van der Waals surface area contributed by atoms with Crippen molar-refractivity contribution in [2.45, 2.75) is 26.4 Å². The molecule has 0 fully saturated rings. The first-order valence-electron chi connectivity index (χ1n) is 7.70. The smallest absolute Gasteiger partial charge is 0.226 e. The Morgan fingerprint density at radius 3 is 2.58 bits per heavy atom. The van der Waals surface area contributed by atoms with Crippen molar-refractivity contribution in [3.63, 3.8) is 0 Å². The van der Waals surface area contributed by atoms with Crippen molar-refractivity contribution in [3.8, 4) is 5.75 Å². The second-order valence-electron chi connectivity index (χ2n) is 5.51. The number of halogens is 2. The summed E-state index contributed by atoms with van der Waals surface area (Å²) in [6.07, 6.45) is 0.339. The van der Waals surface area contributed by atoms with E-state index in [4.69, 9.17) is 27.9 Å². The highest BCUT2D eigenvalue weighted by Crippen LogP contribution is 2.26. The molecule has 24 heavy (non-hydrogen) atoms. The number of hydrogen-bond acceptors (Lipinski definition) is 3. The van der Waals surface area contributed by atoms with Gasteiger partial charge in [-0.15, -0.1) is 0 Å². The molecule has 2 aromatic carbocycles. The van der Waals surface area contributed by atoms with Crippen LogP contribution in [-0.4, -0.2) is 18.6 Å².